The molecule has 3 rings (SSSR count). The fourth-order valence-corrected chi connectivity index (χ4v) is 3.39. The summed E-state index contributed by atoms with van der Waals surface area (Å²) in [4.78, 5) is 5.49. The van der Waals surface area contributed by atoms with E-state index in [4.69, 9.17) is 5.73 Å². The van der Waals surface area contributed by atoms with Crippen molar-refractivity contribution in [3.8, 4) is 0 Å². The molecule has 3 N–H and O–H groups in total. The highest BCUT2D eigenvalue weighted by molar-refractivity contribution is 7.11. The number of rotatable bonds is 4. The minimum absolute atomic E-state index is 0.638. The number of nitrogens with zero attached hydrogens (tertiary/aromatic N) is 2. The highest BCUT2D eigenvalue weighted by atomic mass is 32.1. The van der Waals surface area contributed by atoms with Crippen molar-refractivity contribution < 1.29 is 0 Å². The van der Waals surface area contributed by atoms with E-state index in [0.29, 0.717) is 11.7 Å². The first-order valence-electron chi connectivity index (χ1n) is 5.64. The molecule has 1 aliphatic carbocycles. The topological polar surface area (TPSA) is 63.8 Å². The molecule has 4 nitrogen and oxygen atoms in total. The molecule has 17 heavy (non-hydrogen) atoms. The molecule has 1 saturated carbocycles. The van der Waals surface area contributed by atoms with Crippen LogP contribution in [0.2, 0.25) is 0 Å². The van der Waals surface area contributed by atoms with E-state index >= 15 is 0 Å². The summed E-state index contributed by atoms with van der Waals surface area (Å²) in [5.41, 5.74) is 7.14. The number of nitrogens with one attached hydrogen (secondary N) is 1. The zero-order chi connectivity index (χ0) is 11.8. The molecule has 2 aromatic rings. The van der Waals surface area contributed by atoms with Crippen molar-refractivity contribution in [3.05, 3.63) is 21.6 Å². The van der Waals surface area contributed by atoms with Crippen LogP contribution >= 0.6 is 22.9 Å². The molecule has 0 bridgehead atoms. The van der Waals surface area contributed by atoms with E-state index in [2.05, 4.69) is 14.7 Å². The van der Waals surface area contributed by atoms with Crippen LogP contribution in [0.3, 0.4) is 0 Å². The van der Waals surface area contributed by atoms with Crippen molar-refractivity contribution in [2.24, 2.45) is 0 Å². The summed E-state index contributed by atoms with van der Waals surface area (Å²) in [6, 6.07) is 0. The van der Waals surface area contributed by atoms with Gasteiger partial charge in [0.25, 0.3) is 0 Å². The first kappa shape index (κ1) is 11.0. The highest BCUT2D eigenvalue weighted by Gasteiger charge is 2.30. The molecule has 0 radical (unpaired) electrons. The Bertz CT molecular complexity index is 527. The average molecular weight is 266 g/mol. The summed E-state index contributed by atoms with van der Waals surface area (Å²) >= 11 is 3.19. The van der Waals surface area contributed by atoms with Crippen LogP contribution in [0.25, 0.3) is 0 Å². The van der Waals surface area contributed by atoms with Gasteiger partial charge in [-0.3, -0.25) is 0 Å². The van der Waals surface area contributed by atoms with Gasteiger partial charge in [0.05, 0.1) is 11.6 Å². The van der Waals surface area contributed by atoms with Gasteiger partial charge in [-0.1, -0.05) is 0 Å². The Kier molecular flexibility index (Phi) is 2.76. The van der Waals surface area contributed by atoms with Crippen LogP contribution in [0.1, 0.15) is 34.2 Å². The van der Waals surface area contributed by atoms with Crippen molar-refractivity contribution in [2.75, 3.05) is 11.1 Å². The maximum Gasteiger partial charge on any atom is 0.142 e. The zero-order valence-corrected chi connectivity index (χ0v) is 11.2. The number of aromatic nitrogens is 2. The fourth-order valence-electron chi connectivity index (χ4n) is 1.86. The van der Waals surface area contributed by atoms with Crippen LogP contribution in [0.5, 0.6) is 0 Å². The van der Waals surface area contributed by atoms with Gasteiger partial charge >= 0.3 is 0 Å². The predicted octanol–water partition coefficient (Wildman–Crippen LogP) is 2.98. The number of anilines is 2. The van der Waals surface area contributed by atoms with Crippen molar-refractivity contribution in [2.45, 2.75) is 32.2 Å². The molecule has 90 valence electrons. The van der Waals surface area contributed by atoms with E-state index in [1.54, 1.807) is 11.3 Å². The van der Waals surface area contributed by atoms with E-state index in [1.165, 1.54) is 34.8 Å². The molecular formula is C11H14N4S2. The molecule has 0 saturated heterocycles. The lowest BCUT2D eigenvalue weighted by Gasteiger charge is -2.04. The standard InChI is InChI=1S/C11H14N4S2/c1-6-13-4-8(16-6)5-14-11-9(7-2-3-7)10(12)15-17-11/h4,7,14H,2-3,5H2,1H3,(H2,12,15). The summed E-state index contributed by atoms with van der Waals surface area (Å²) in [5.74, 6) is 1.35. The monoisotopic (exact) mass is 266 g/mol. The Labute approximate surface area is 108 Å². The van der Waals surface area contributed by atoms with Crippen LogP contribution < -0.4 is 11.1 Å². The molecule has 0 unspecified atom stereocenters. The van der Waals surface area contributed by atoms with Crippen molar-refractivity contribution >= 4 is 33.7 Å². The van der Waals surface area contributed by atoms with Gasteiger partial charge in [-0.05, 0) is 37.2 Å². The fraction of sp³-hybridized carbons (Fsp3) is 0.455. The number of thiazole rings is 1. The maximum absolute atomic E-state index is 5.90. The Morgan fingerprint density at radius 2 is 2.35 bits per heavy atom. The van der Waals surface area contributed by atoms with Gasteiger partial charge in [0.15, 0.2) is 0 Å². The van der Waals surface area contributed by atoms with E-state index in [0.717, 1.165) is 16.6 Å². The van der Waals surface area contributed by atoms with E-state index in [1.807, 2.05) is 13.1 Å². The molecule has 6 heteroatoms. The zero-order valence-electron chi connectivity index (χ0n) is 9.56. The van der Waals surface area contributed by atoms with E-state index in [9.17, 15) is 0 Å². The first-order chi connectivity index (χ1) is 8.24. The number of nitrogen functional groups attached to an aromatic ring is 1. The van der Waals surface area contributed by atoms with Crippen molar-refractivity contribution in [3.63, 3.8) is 0 Å². The highest BCUT2D eigenvalue weighted by Crippen LogP contribution is 2.47. The Hall–Kier alpha value is -1.14. The second-order valence-electron chi connectivity index (χ2n) is 4.28. The van der Waals surface area contributed by atoms with Crippen LogP contribution in [-0.4, -0.2) is 9.36 Å². The molecule has 0 aliphatic heterocycles. The number of hydrogen-bond acceptors (Lipinski definition) is 6. The molecule has 0 spiro atoms. The average Bonchev–Trinajstić information content (AvgIpc) is 2.95. The van der Waals surface area contributed by atoms with Gasteiger partial charge in [-0.2, -0.15) is 4.37 Å². The third kappa shape index (κ3) is 2.28. The van der Waals surface area contributed by atoms with Crippen LogP contribution in [0.4, 0.5) is 10.8 Å². The van der Waals surface area contributed by atoms with Crippen molar-refractivity contribution in [1.82, 2.24) is 9.36 Å². The lowest BCUT2D eigenvalue weighted by molar-refractivity contribution is 1.11. The molecule has 1 fully saturated rings. The van der Waals surface area contributed by atoms with Crippen LogP contribution in [-0.2, 0) is 6.54 Å². The minimum atomic E-state index is 0.638. The molecular weight excluding hydrogens is 252 g/mol. The van der Waals surface area contributed by atoms with Gasteiger partial charge in [-0.25, -0.2) is 4.98 Å². The quantitative estimate of drug-likeness (QED) is 0.893. The Morgan fingerprint density at radius 3 is 3.00 bits per heavy atom. The van der Waals surface area contributed by atoms with Gasteiger partial charge in [0.2, 0.25) is 0 Å². The molecule has 2 aromatic heterocycles. The molecule has 0 amide bonds. The van der Waals surface area contributed by atoms with Gasteiger partial charge < -0.3 is 11.1 Å². The largest absolute Gasteiger partial charge is 0.383 e. The van der Waals surface area contributed by atoms with Crippen LogP contribution in [0.15, 0.2) is 6.20 Å². The molecule has 2 heterocycles. The smallest absolute Gasteiger partial charge is 0.142 e. The first-order valence-corrected chi connectivity index (χ1v) is 7.23. The Balaban J connectivity index is 1.72. The Morgan fingerprint density at radius 1 is 1.53 bits per heavy atom. The van der Waals surface area contributed by atoms with Crippen LogP contribution in [0, 0.1) is 6.92 Å². The van der Waals surface area contributed by atoms with Gasteiger partial charge in [0.1, 0.15) is 10.8 Å². The summed E-state index contributed by atoms with van der Waals surface area (Å²) in [5, 5.41) is 5.67. The van der Waals surface area contributed by atoms with E-state index < -0.39 is 0 Å². The SMILES string of the molecule is Cc1ncc(CNc2snc(N)c2C2CC2)s1. The summed E-state index contributed by atoms with van der Waals surface area (Å²) in [6.07, 6.45) is 4.42. The second-order valence-corrected chi connectivity index (χ2v) is 6.38. The lowest BCUT2D eigenvalue weighted by Crippen LogP contribution is -1.99. The normalized spacial score (nSPS) is 15.1. The molecule has 0 atom stereocenters. The molecule has 1 aliphatic rings. The second kappa shape index (κ2) is 4.27. The minimum Gasteiger partial charge on any atom is -0.383 e. The van der Waals surface area contributed by atoms with Gasteiger partial charge in [-0.15, -0.1) is 11.3 Å². The van der Waals surface area contributed by atoms with Gasteiger partial charge in [0, 0.05) is 16.6 Å². The predicted molar refractivity (Wildman–Crippen MR) is 72.7 cm³/mol. The number of hydrogen-bond donors (Lipinski definition) is 2. The number of aryl methyl sites for hydroxylation is 1. The molecule has 0 aromatic carbocycles. The maximum atomic E-state index is 5.90. The third-order valence-electron chi connectivity index (χ3n) is 2.83. The summed E-state index contributed by atoms with van der Waals surface area (Å²) < 4.78 is 4.24. The number of nitrogens with two attached hydrogens (primary N) is 1. The summed E-state index contributed by atoms with van der Waals surface area (Å²) in [6.45, 7) is 2.83. The lowest BCUT2D eigenvalue weighted by atomic mass is 10.2. The summed E-state index contributed by atoms with van der Waals surface area (Å²) in [7, 11) is 0. The third-order valence-corrected chi connectivity index (χ3v) is 4.58. The van der Waals surface area contributed by atoms with Crippen molar-refractivity contribution in [1.29, 1.82) is 0 Å². The van der Waals surface area contributed by atoms with E-state index in [-0.39, 0.29) is 0 Å².